The number of anilines is 1. The molecule has 2 aromatic carbocycles. The molecule has 0 aromatic heterocycles. The first-order valence-electron chi connectivity index (χ1n) is 6.65. The third-order valence-corrected chi connectivity index (χ3v) is 3.66. The topological polar surface area (TPSA) is 50.1 Å². The molecule has 1 fully saturated rings. The standard InChI is InChI=1S/C16H19N3/c1-11-4-2-5-12(8-11)15-10-16(19-18-15)13-6-3-7-14(17)9-13/h2-9,15-16,18-19H,10,17H2,1H3. The van der Waals surface area contributed by atoms with Crippen molar-refractivity contribution in [2.24, 2.45) is 0 Å². The molecule has 0 bridgehead atoms. The maximum Gasteiger partial charge on any atom is 0.0482 e. The largest absolute Gasteiger partial charge is 0.399 e. The second-order valence-corrected chi connectivity index (χ2v) is 5.21. The fraction of sp³-hybridized carbons (Fsp3) is 0.250. The van der Waals surface area contributed by atoms with E-state index in [2.05, 4.69) is 48.1 Å². The molecule has 0 radical (unpaired) electrons. The number of hydrogen-bond acceptors (Lipinski definition) is 3. The molecule has 4 N–H and O–H groups in total. The third-order valence-electron chi connectivity index (χ3n) is 3.66. The molecule has 0 aliphatic carbocycles. The van der Waals surface area contributed by atoms with Gasteiger partial charge in [0.15, 0.2) is 0 Å². The summed E-state index contributed by atoms with van der Waals surface area (Å²) in [5.41, 5.74) is 17.3. The normalized spacial score (nSPS) is 22.6. The van der Waals surface area contributed by atoms with Crippen LogP contribution in [0.1, 0.15) is 35.2 Å². The van der Waals surface area contributed by atoms with E-state index >= 15 is 0 Å². The highest BCUT2D eigenvalue weighted by Gasteiger charge is 2.26. The zero-order valence-corrected chi connectivity index (χ0v) is 11.1. The quantitative estimate of drug-likeness (QED) is 0.721. The molecule has 0 spiro atoms. The fourth-order valence-corrected chi connectivity index (χ4v) is 2.66. The van der Waals surface area contributed by atoms with Crippen molar-refractivity contribution >= 4 is 5.69 Å². The highest BCUT2D eigenvalue weighted by molar-refractivity contribution is 5.42. The Kier molecular flexibility index (Phi) is 3.23. The van der Waals surface area contributed by atoms with E-state index in [1.54, 1.807) is 0 Å². The van der Waals surface area contributed by atoms with Crippen LogP contribution in [-0.4, -0.2) is 0 Å². The lowest BCUT2D eigenvalue weighted by molar-refractivity contribution is 0.555. The van der Waals surface area contributed by atoms with Crippen LogP contribution in [0.2, 0.25) is 0 Å². The number of hydrazine groups is 1. The maximum absolute atomic E-state index is 5.84. The fourth-order valence-electron chi connectivity index (χ4n) is 2.66. The van der Waals surface area contributed by atoms with Crippen molar-refractivity contribution in [1.82, 2.24) is 10.9 Å². The molecule has 1 saturated heterocycles. The molecule has 3 nitrogen and oxygen atoms in total. The first kappa shape index (κ1) is 12.2. The Morgan fingerprint density at radius 3 is 2.21 bits per heavy atom. The summed E-state index contributed by atoms with van der Waals surface area (Å²) < 4.78 is 0. The van der Waals surface area contributed by atoms with E-state index in [0.717, 1.165) is 12.1 Å². The number of aryl methyl sites for hydroxylation is 1. The number of rotatable bonds is 2. The van der Waals surface area contributed by atoms with Gasteiger partial charge in [-0.25, -0.2) is 10.9 Å². The number of nitrogen functional groups attached to an aromatic ring is 1. The Balaban J connectivity index is 1.77. The van der Waals surface area contributed by atoms with Gasteiger partial charge in [0, 0.05) is 17.8 Å². The number of hydrogen-bond donors (Lipinski definition) is 3. The minimum Gasteiger partial charge on any atom is -0.399 e. The Bertz CT molecular complexity index is 528. The van der Waals surface area contributed by atoms with Crippen molar-refractivity contribution in [3.05, 3.63) is 65.2 Å². The van der Waals surface area contributed by atoms with Gasteiger partial charge in [0.1, 0.15) is 0 Å². The van der Waals surface area contributed by atoms with Crippen LogP contribution >= 0.6 is 0 Å². The molecule has 0 saturated carbocycles. The molecule has 3 heteroatoms. The van der Waals surface area contributed by atoms with Crippen LogP contribution in [-0.2, 0) is 0 Å². The van der Waals surface area contributed by atoms with E-state index in [-0.39, 0.29) is 0 Å². The zero-order valence-electron chi connectivity index (χ0n) is 11.1. The van der Waals surface area contributed by atoms with Gasteiger partial charge in [-0.3, -0.25) is 0 Å². The van der Waals surface area contributed by atoms with Crippen LogP contribution in [0.15, 0.2) is 48.5 Å². The number of nitrogens with one attached hydrogen (secondary N) is 2. The molecule has 2 unspecified atom stereocenters. The van der Waals surface area contributed by atoms with Crippen molar-refractivity contribution in [3.8, 4) is 0 Å². The lowest BCUT2D eigenvalue weighted by Gasteiger charge is -2.11. The van der Waals surface area contributed by atoms with Gasteiger partial charge < -0.3 is 5.73 Å². The third kappa shape index (κ3) is 2.62. The number of nitrogens with two attached hydrogens (primary N) is 1. The van der Waals surface area contributed by atoms with Gasteiger partial charge in [0.25, 0.3) is 0 Å². The van der Waals surface area contributed by atoms with Crippen LogP contribution in [0.4, 0.5) is 5.69 Å². The zero-order chi connectivity index (χ0) is 13.2. The van der Waals surface area contributed by atoms with Gasteiger partial charge in [-0.15, -0.1) is 0 Å². The molecular formula is C16H19N3. The Labute approximate surface area is 113 Å². The molecule has 1 aliphatic rings. The Morgan fingerprint density at radius 1 is 0.947 bits per heavy atom. The van der Waals surface area contributed by atoms with Gasteiger partial charge in [-0.2, -0.15) is 0 Å². The van der Waals surface area contributed by atoms with Gasteiger partial charge in [0.2, 0.25) is 0 Å². The summed E-state index contributed by atoms with van der Waals surface area (Å²) in [6.45, 7) is 2.13. The lowest BCUT2D eigenvalue weighted by Crippen LogP contribution is -2.26. The summed E-state index contributed by atoms with van der Waals surface area (Å²) in [5, 5.41) is 0. The molecule has 1 aliphatic heterocycles. The highest BCUT2D eigenvalue weighted by atomic mass is 15.4. The van der Waals surface area contributed by atoms with Crippen LogP contribution in [0.5, 0.6) is 0 Å². The van der Waals surface area contributed by atoms with Crippen molar-refractivity contribution in [1.29, 1.82) is 0 Å². The van der Waals surface area contributed by atoms with Gasteiger partial charge >= 0.3 is 0 Å². The highest BCUT2D eigenvalue weighted by Crippen LogP contribution is 2.31. The summed E-state index contributed by atoms with van der Waals surface area (Å²) >= 11 is 0. The smallest absolute Gasteiger partial charge is 0.0482 e. The van der Waals surface area contributed by atoms with Gasteiger partial charge in [-0.05, 0) is 36.6 Å². The summed E-state index contributed by atoms with van der Waals surface area (Å²) in [7, 11) is 0. The summed E-state index contributed by atoms with van der Waals surface area (Å²) in [4.78, 5) is 0. The summed E-state index contributed by atoms with van der Waals surface area (Å²) in [6.07, 6.45) is 1.03. The Morgan fingerprint density at radius 2 is 1.58 bits per heavy atom. The summed E-state index contributed by atoms with van der Waals surface area (Å²) in [6, 6.07) is 17.4. The monoisotopic (exact) mass is 253 g/mol. The van der Waals surface area contributed by atoms with Crippen LogP contribution in [0.3, 0.4) is 0 Å². The molecule has 19 heavy (non-hydrogen) atoms. The van der Waals surface area contributed by atoms with E-state index in [4.69, 9.17) is 5.73 Å². The molecule has 1 heterocycles. The summed E-state index contributed by atoms with van der Waals surface area (Å²) in [5.74, 6) is 0. The molecule has 3 rings (SSSR count). The van der Waals surface area contributed by atoms with Crippen molar-refractivity contribution < 1.29 is 0 Å². The van der Waals surface area contributed by atoms with Crippen molar-refractivity contribution in [3.63, 3.8) is 0 Å². The molecule has 2 aromatic rings. The number of benzene rings is 2. The van der Waals surface area contributed by atoms with E-state index in [1.165, 1.54) is 16.7 Å². The Hall–Kier alpha value is -1.84. The molecule has 0 amide bonds. The average molecular weight is 253 g/mol. The second kappa shape index (κ2) is 5.03. The first-order chi connectivity index (χ1) is 9.22. The van der Waals surface area contributed by atoms with Gasteiger partial charge in [-0.1, -0.05) is 42.0 Å². The van der Waals surface area contributed by atoms with Crippen LogP contribution in [0.25, 0.3) is 0 Å². The second-order valence-electron chi connectivity index (χ2n) is 5.21. The predicted octanol–water partition coefficient (Wildman–Crippen LogP) is 2.86. The SMILES string of the molecule is Cc1cccc(C2CC(c3cccc(N)c3)NN2)c1. The maximum atomic E-state index is 5.84. The molecule has 98 valence electrons. The van der Waals surface area contributed by atoms with Crippen LogP contribution < -0.4 is 16.6 Å². The van der Waals surface area contributed by atoms with E-state index in [9.17, 15) is 0 Å². The lowest BCUT2D eigenvalue weighted by atomic mass is 9.97. The predicted molar refractivity (Wildman–Crippen MR) is 78.4 cm³/mol. The van der Waals surface area contributed by atoms with E-state index < -0.39 is 0 Å². The van der Waals surface area contributed by atoms with Gasteiger partial charge in [0.05, 0.1) is 0 Å². The molecular weight excluding hydrogens is 234 g/mol. The first-order valence-corrected chi connectivity index (χ1v) is 6.65. The molecule has 2 atom stereocenters. The minimum atomic E-state index is 0.314. The van der Waals surface area contributed by atoms with Crippen molar-refractivity contribution in [2.75, 3.05) is 5.73 Å². The van der Waals surface area contributed by atoms with Crippen LogP contribution in [0, 0.1) is 6.92 Å². The minimum absolute atomic E-state index is 0.314. The van der Waals surface area contributed by atoms with E-state index in [0.29, 0.717) is 12.1 Å². The average Bonchev–Trinajstić information content (AvgIpc) is 2.88. The van der Waals surface area contributed by atoms with E-state index in [1.807, 2.05) is 18.2 Å². The van der Waals surface area contributed by atoms with Crippen molar-refractivity contribution in [2.45, 2.75) is 25.4 Å².